The molecule has 8 atom stereocenters. The van der Waals surface area contributed by atoms with Crippen LogP contribution in [0.15, 0.2) is 18.2 Å². The highest BCUT2D eigenvalue weighted by molar-refractivity contribution is 6.31. The molecule has 0 radical (unpaired) electrons. The SMILES string of the molecule is CC[C@H](C)[C@@H]1NC(=O)[C@H](CC(C)C)N(C)C(=O)C[C@@H](C(=O)N2CCCCC2)N(C)C(=O)[C@H](C2CCCCC2)N(C)C(=O)C2(CCCC2)NC(=O)[C@H]2COCCN2C(=O)[C@H](CCc2ccc(C(F)(F)F)c(Cl)c2)NC(=O)CN(C)C(=O)[C@H](CC2CCCCC2)N(C)C(=O)CN(C)C(=O)CN(C)C1=O. The quantitative estimate of drug-likeness (QED) is 0.242. The van der Waals surface area contributed by atoms with Crippen molar-refractivity contribution in [1.82, 2.24) is 60.0 Å². The molecule has 12 amide bonds. The van der Waals surface area contributed by atoms with Crippen LogP contribution < -0.4 is 16.0 Å². The average Bonchev–Trinajstić information content (AvgIpc) is 1.39. The number of carbonyl (C=O) groups excluding carboxylic acids is 12. The van der Waals surface area contributed by atoms with E-state index >= 15 is 28.8 Å². The number of alkyl halides is 3. The molecule has 102 heavy (non-hydrogen) atoms. The van der Waals surface area contributed by atoms with E-state index in [1.165, 1.54) is 79.9 Å². The standard InChI is InChI=1S/C73H112ClF3N12O13/c1-12-47(4)62-69(99)83(7)43-60(92)81(5)44-61(93)85(9)55(40-48-24-16-13-17-25-48)67(97)82(6)42-58(90)78-53(31-29-49-28-30-51(52(74)39-49)73(75,76)77)66(96)89-36-37-102-45-57(89)65(95)80-72(32-20-21-33-72)71(101)87(11)63(50-26-18-14-19-27-50)70(100)86(10)56(68(98)88-34-22-15-23-35-88)41-59(91)84(8)54(38-46(2)3)64(94)79-62/h28,30,39,46-48,50,53-57,62-63H,12-27,29,31-38,40-45H2,1-11H3,(H,78,90)(H,79,94)(H,80,95)/t47-,53-,54-,55-,56-,57+,62-,63-/m0/s1. The molecule has 25 nitrogen and oxygen atoms in total. The van der Waals surface area contributed by atoms with Gasteiger partial charge in [-0.3, -0.25) is 57.5 Å². The van der Waals surface area contributed by atoms with E-state index in [1.807, 2.05) is 20.8 Å². The first-order valence-electron chi connectivity index (χ1n) is 36.9. The first kappa shape index (κ1) is 82.2. The third-order valence-electron chi connectivity index (χ3n) is 22.2. The molecule has 570 valence electrons. The number of likely N-dealkylation sites (tertiary alicyclic amines) is 1. The number of carbonyl (C=O) groups is 12. The summed E-state index contributed by atoms with van der Waals surface area (Å²) in [4.78, 5) is 191. The number of morpholine rings is 1. The Morgan fingerprint density at radius 3 is 1.85 bits per heavy atom. The Morgan fingerprint density at radius 2 is 1.25 bits per heavy atom. The molecule has 3 aliphatic heterocycles. The lowest BCUT2D eigenvalue weighted by molar-refractivity contribution is -0.158. The van der Waals surface area contributed by atoms with Crippen LogP contribution in [0.3, 0.4) is 0 Å². The van der Waals surface area contributed by atoms with Crippen LogP contribution in [0.4, 0.5) is 13.2 Å². The Balaban J connectivity index is 1.30. The molecule has 1 aromatic carbocycles. The molecule has 1 spiro atoms. The van der Waals surface area contributed by atoms with E-state index in [0.717, 1.165) is 84.6 Å². The minimum atomic E-state index is -4.77. The smallest absolute Gasteiger partial charge is 0.377 e. The van der Waals surface area contributed by atoms with Crippen LogP contribution in [-0.2, 0) is 74.9 Å². The van der Waals surface area contributed by atoms with Gasteiger partial charge in [0.05, 0.1) is 49.9 Å². The van der Waals surface area contributed by atoms with Crippen molar-refractivity contribution in [2.75, 3.05) is 102 Å². The highest BCUT2D eigenvalue weighted by Gasteiger charge is 2.51. The van der Waals surface area contributed by atoms with E-state index in [0.29, 0.717) is 58.0 Å². The van der Waals surface area contributed by atoms with Gasteiger partial charge in [-0.25, -0.2) is 0 Å². The maximum absolute atomic E-state index is 15.8. The number of aryl methyl sites for hydroxylation is 1. The van der Waals surface area contributed by atoms with Gasteiger partial charge in [-0.05, 0) is 112 Å². The maximum Gasteiger partial charge on any atom is 0.417 e. The molecule has 6 aliphatic rings. The van der Waals surface area contributed by atoms with Crippen molar-refractivity contribution < 1.29 is 75.4 Å². The number of nitrogens with zero attached hydrogens (tertiary/aromatic N) is 9. The molecule has 3 N–H and O–H groups in total. The second kappa shape index (κ2) is 37.0. The van der Waals surface area contributed by atoms with Crippen molar-refractivity contribution in [1.29, 1.82) is 0 Å². The predicted octanol–water partition coefficient (Wildman–Crippen LogP) is 5.66. The van der Waals surface area contributed by atoms with Crippen LogP contribution in [0.1, 0.15) is 180 Å². The third-order valence-corrected chi connectivity index (χ3v) is 22.5. The van der Waals surface area contributed by atoms with Crippen LogP contribution in [0.5, 0.6) is 0 Å². The second-order valence-electron chi connectivity index (χ2n) is 30.1. The molecule has 3 saturated carbocycles. The summed E-state index contributed by atoms with van der Waals surface area (Å²) in [7, 11) is 9.97. The van der Waals surface area contributed by atoms with Gasteiger partial charge in [0.25, 0.3) is 0 Å². The van der Waals surface area contributed by atoms with Gasteiger partial charge in [0.2, 0.25) is 70.9 Å². The van der Waals surface area contributed by atoms with E-state index in [9.17, 15) is 41.9 Å². The van der Waals surface area contributed by atoms with Crippen LogP contribution in [0, 0.1) is 23.7 Å². The van der Waals surface area contributed by atoms with Crippen molar-refractivity contribution in [3.05, 3.63) is 34.3 Å². The molecule has 3 aliphatic carbocycles. The largest absolute Gasteiger partial charge is 0.417 e. The number of ether oxygens (including phenoxy) is 1. The van der Waals surface area contributed by atoms with Crippen molar-refractivity contribution in [3.8, 4) is 0 Å². The number of likely N-dealkylation sites (N-methyl/N-ethyl adjacent to an activating group) is 7. The first-order chi connectivity index (χ1) is 48.2. The summed E-state index contributed by atoms with van der Waals surface area (Å²) in [6.07, 6.45) is 6.25. The number of benzene rings is 1. The maximum atomic E-state index is 15.8. The summed E-state index contributed by atoms with van der Waals surface area (Å²) in [5.74, 6) is -9.06. The molecule has 29 heteroatoms. The zero-order valence-electron chi connectivity index (χ0n) is 61.8. The number of amides is 12. The van der Waals surface area contributed by atoms with Gasteiger partial charge in [0.1, 0.15) is 47.8 Å². The summed E-state index contributed by atoms with van der Waals surface area (Å²) >= 11 is 6.17. The van der Waals surface area contributed by atoms with Gasteiger partial charge in [-0.2, -0.15) is 13.2 Å². The first-order valence-corrected chi connectivity index (χ1v) is 37.3. The Morgan fingerprint density at radius 1 is 0.647 bits per heavy atom. The molecule has 0 bridgehead atoms. The summed E-state index contributed by atoms with van der Waals surface area (Å²) in [6.45, 7) is 5.77. The monoisotopic (exact) mass is 1460 g/mol. The Bertz CT molecular complexity index is 3160. The Kier molecular flexibility index (Phi) is 29.9. The Hall–Kier alpha value is -7.10. The Labute approximate surface area is 604 Å². The van der Waals surface area contributed by atoms with E-state index < -0.39 is 173 Å². The molecular formula is C73H112ClF3N12O13. The molecule has 7 rings (SSSR count). The number of hydrogen-bond acceptors (Lipinski definition) is 13. The number of fused-ring (bicyclic) bond motifs is 1. The lowest BCUT2D eigenvalue weighted by atomic mass is 9.81. The third kappa shape index (κ3) is 20.9. The molecular weight excluding hydrogens is 1350 g/mol. The number of hydrogen-bond donors (Lipinski definition) is 3. The van der Waals surface area contributed by atoms with Gasteiger partial charge in [-0.1, -0.05) is 116 Å². The normalized spacial score (nSPS) is 26.8. The second-order valence-corrected chi connectivity index (χ2v) is 30.5. The molecule has 0 aromatic heterocycles. The fourth-order valence-corrected chi connectivity index (χ4v) is 15.9. The summed E-state index contributed by atoms with van der Waals surface area (Å²) < 4.78 is 47.6. The van der Waals surface area contributed by atoms with E-state index in [2.05, 4.69) is 16.0 Å². The fourth-order valence-electron chi connectivity index (χ4n) is 15.6. The lowest BCUT2D eigenvalue weighted by Gasteiger charge is -2.44. The highest BCUT2D eigenvalue weighted by atomic mass is 35.5. The van der Waals surface area contributed by atoms with Gasteiger partial charge in [0.15, 0.2) is 0 Å². The van der Waals surface area contributed by atoms with E-state index in [1.54, 1.807) is 11.8 Å². The van der Waals surface area contributed by atoms with Crippen LogP contribution in [0.25, 0.3) is 0 Å². The predicted molar refractivity (Wildman–Crippen MR) is 375 cm³/mol. The van der Waals surface area contributed by atoms with Crippen LogP contribution in [-0.4, -0.2) is 265 Å². The minimum absolute atomic E-state index is 0.00880. The van der Waals surface area contributed by atoms with Crippen molar-refractivity contribution in [3.63, 3.8) is 0 Å². The van der Waals surface area contributed by atoms with Crippen LogP contribution in [0.2, 0.25) is 5.02 Å². The average molecular weight is 1460 g/mol. The zero-order chi connectivity index (χ0) is 75.1. The van der Waals surface area contributed by atoms with Gasteiger partial charge in [0, 0.05) is 69.0 Å². The van der Waals surface area contributed by atoms with Gasteiger partial charge in [-0.15, -0.1) is 0 Å². The number of rotatable bonds is 11. The minimum Gasteiger partial charge on any atom is -0.377 e. The molecule has 1 aromatic rings. The lowest BCUT2D eigenvalue weighted by Crippen LogP contribution is -2.67. The summed E-state index contributed by atoms with van der Waals surface area (Å²) in [5, 5.41) is 8.11. The highest BCUT2D eigenvalue weighted by Crippen LogP contribution is 2.38. The number of nitrogens with one attached hydrogen (secondary N) is 3. The van der Waals surface area contributed by atoms with Crippen molar-refractivity contribution >= 4 is 82.5 Å². The number of piperidine rings is 1. The molecule has 3 saturated heterocycles. The fraction of sp³-hybridized carbons (Fsp3) is 0.753. The van der Waals surface area contributed by atoms with E-state index in [-0.39, 0.29) is 75.7 Å². The van der Waals surface area contributed by atoms with E-state index in [4.69, 9.17) is 16.3 Å². The van der Waals surface area contributed by atoms with Gasteiger partial charge < -0.3 is 64.8 Å². The van der Waals surface area contributed by atoms with Crippen LogP contribution >= 0.6 is 11.6 Å². The van der Waals surface area contributed by atoms with Gasteiger partial charge >= 0.3 is 6.18 Å². The summed E-state index contributed by atoms with van der Waals surface area (Å²) in [5.41, 5.74) is -2.43. The topological polar surface area (TPSA) is 279 Å². The number of halogens is 4. The zero-order valence-corrected chi connectivity index (χ0v) is 62.6. The molecule has 3 heterocycles. The molecule has 0 unspecified atom stereocenters. The molecule has 6 fully saturated rings. The summed E-state index contributed by atoms with van der Waals surface area (Å²) in [6, 6.07) is -5.92. The van der Waals surface area contributed by atoms with Crippen molar-refractivity contribution in [2.24, 2.45) is 23.7 Å². The van der Waals surface area contributed by atoms with Crippen molar-refractivity contribution in [2.45, 2.75) is 229 Å².